The number of nitrogens with one attached hydrogen (secondary N) is 1. The summed E-state index contributed by atoms with van der Waals surface area (Å²) in [7, 11) is 0. The van der Waals surface area contributed by atoms with Gasteiger partial charge in [0.1, 0.15) is 11.6 Å². The predicted octanol–water partition coefficient (Wildman–Crippen LogP) is 3.49. The number of anilines is 1. The Hall–Kier alpha value is -1.96. The van der Waals surface area contributed by atoms with Crippen LogP contribution in [0, 0.1) is 11.7 Å². The fourth-order valence-corrected chi connectivity index (χ4v) is 4.13. The van der Waals surface area contributed by atoms with Gasteiger partial charge in [-0.1, -0.05) is 17.7 Å². The Morgan fingerprint density at radius 1 is 1.29 bits per heavy atom. The number of hydrogen-bond acceptors (Lipinski definition) is 4. The van der Waals surface area contributed by atoms with Crippen LogP contribution < -0.4 is 5.32 Å². The molecule has 1 atom stereocenters. The highest BCUT2D eigenvalue weighted by molar-refractivity contribution is 6.31. The van der Waals surface area contributed by atoms with Crippen LogP contribution in [0.5, 0.6) is 0 Å². The van der Waals surface area contributed by atoms with Crippen LogP contribution in [0.15, 0.2) is 30.5 Å². The number of amides is 1. The van der Waals surface area contributed by atoms with E-state index in [1.54, 1.807) is 18.3 Å². The number of benzene rings is 1. The Balaban J connectivity index is 1.35. The molecule has 2 aliphatic rings. The number of ether oxygens (including phenoxy) is 1. The van der Waals surface area contributed by atoms with Crippen molar-refractivity contribution in [3.8, 4) is 0 Å². The number of likely N-dealkylation sites (tertiary alicyclic amines) is 1. The zero-order valence-corrected chi connectivity index (χ0v) is 16.4. The van der Waals surface area contributed by atoms with Crippen molar-refractivity contribution in [2.75, 3.05) is 31.6 Å². The van der Waals surface area contributed by atoms with Gasteiger partial charge in [0.15, 0.2) is 0 Å². The van der Waals surface area contributed by atoms with Gasteiger partial charge in [-0.3, -0.25) is 9.69 Å². The number of halogens is 2. The summed E-state index contributed by atoms with van der Waals surface area (Å²) < 4.78 is 21.2. The zero-order valence-electron chi connectivity index (χ0n) is 15.6. The maximum Gasteiger partial charge on any atom is 0.231 e. The van der Waals surface area contributed by atoms with Crippen molar-refractivity contribution < 1.29 is 13.9 Å². The molecule has 2 aliphatic heterocycles. The average molecular weight is 407 g/mol. The largest absolute Gasteiger partial charge is 0.381 e. The number of nitrogens with zero attached hydrogens (tertiary/aromatic N) is 3. The number of hydrogen-bond donors (Lipinski definition) is 1. The summed E-state index contributed by atoms with van der Waals surface area (Å²) in [6.07, 6.45) is 4.23. The molecular formula is C20H24ClFN4O2. The summed E-state index contributed by atoms with van der Waals surface area (Å²) in [5.74, 6) is 0.372. The van der Waals surface area contributed by atoms with Gasteiger partial charge in [0.25, 0.3) is 0 Å². The van der Waals surface area contributed by atoms with Gasteiger partial charge >= 0.3 is 0 Å². The van der Waals surface area contributed by atoms with Crippen molar-refractivity contribution in [3.05, 3.63) is 46.9 Å². The Bertz CT molecular complexity index is 809. The summed E-state index contributed by atoms with van der Waals surface area (Å²) in [6.45, 7) is 3.26. The maximum atomic E-state index is 14.0. The lowest BCUT2D eigenvalue weighted by molar-refractivity contribution is -0.119. The van der Waals surface area contributed by atoms with E-state index in [0.717, 1.165) is 38.2 Å². The average Bonchev–Trinajstić information content (AvgIpc) is 3.37. The van der Waals surface area contributed by atoms with E-state index in [9.17, 15) is 9.18 Å². The summed E-state index contributed by atoms with van der Waals surface area (Å²) in [5.41, 5.74) is 0.549. The Kier molecular flexibility index (Phi) is 5.94. The SMILES string of the molecule is O=C(Nc1ccnn1C1CCN(Cc2c(F)cccc2Cl)CC1)[C@H]1CCOC1. The van der Waals surface area contributed by atoms with Crippen molar-refractivity contribution in [2.45, 2.75) is 31.8 Å². The summed E-state index contributed by atoms with van der Waals surface area (Å²) in [5, 5.41) is 7.89. The van der Waals surface area contributed by atoms with Crippen LogP contribution in [0.25, 0.3) is 0 Å². The Morgan fingerprint density at radius 2 is 2.11 bits per heavy atom. The number of carbonyl (C=O) groups is 1. The molecule has 0 spiro atoms. The Morgan fingerprint density at radius 3 is 2.82 bits per heavy atom. The normalized spacial score (nSPS) is 21.1. The van der Waals surface area contributed by atoms with E-state index in [1.807, 2.05) is 10.7 Å². The molecule has 0 saturated carbocycles. The van der Waals surface area contributed by atoms with Gasteiger partial charge in [0, 0.05) is 42.9 Å². The predicted molar refractivity (Wildman–Crippen MR) is 105 cm³/mol. The van der Waals surface area contributed by atoms with E-state index in [2.05, 4.69) is 15.3 Å². The fraction of sp³-hybridized carbons (Fsp3) is 0.500. The van der Waals surface area contributed by atoms with Crippen LogP contribution in [-0.4, -0.2) is 46.9 Å². The third-order valence-corrected chi connectivity index (χ3v) is 5.92. The first-order valence-corrected chi connectivity index (χ1v) is 10.1. The molecule has 2 fully saturated rings. The van der Waals surface area contributed by atoms with Crippen molar-refractivity contribution in [3.63, 3.8) is 0 Å². The summed E-state index contributed by atoms with van der Waals surface area (Å²) >= 11 is 6.15. The van der Waals surface area contributed by atoms with E-state index in [-0.39, 0.29) is 23.7 Å². The molecular weight excluding hydrogens is 383 g/mol. The quantitative estimate of drug-likeness (QED) is 0.825. The smallest absolute Gasteiger partial charge is 0.231 e. The van der Waals surface area contributed by atoms with Crippen LogP contribution in [0.4, 0.5) is 10.2 Å². The molecule has 28 heavy (non-hydrogen) atoms. The minimum atomic E-state index is -0.261. The minimum Gasteiger partial charge on any atom is -0.381 e. The second kappa shape index (κ2) is 8.59. The maximum absolute atomic E-state index is 14.0. The molecule has 3 heterocycles. The van der Waals surface area contributed by atoms with Gasteiger partial charge in [-0.2, -0.15) is 5.10 Å². The van der Waals surface area contributed by atoms with Gasteiger partial charge in [-0.05, 0) is 31.4 Å². The molecule has 0 unspecified atom stereocenters. The summed E-state index contributed by atoms with van der Waals surface area (Å²) in [6, 6.07) is 6.83. The third kappa shape index (κ3) is 4.21. The first-order valence-electron chi connectivity index (χ1n) is 9.69. The van der Waals surface area contributed by atoms with Crippen molar-refractivity contribution in [1.82, 2.24) is 14.7 Å². The van der Waals surface area contributed by atoms with Gasteiger partial charge in [-0.25, -0.2) is 9.07 Å². The van der Waals surface area contributed by atoms with Crippen LogP contribution in [0.3, 0.4) is 0 Å². The second-order valence-corrected chi connectivity index (χ2v) is 7.83. The lowest BCUT2D eigenvalue weighted by atomic mass is 10.0. The van der Waals surface area contributed by atoms with Crippen LogP contribution in [-0.2, 0) is 16.1 Å². The molecule has 1 N–H and O–H groups in total. The highest BCUT2D eigenvalue weighted by atomic mass is 35.5. The molecule has 0 radical (unpaired) electrons. The minimum absolute atomic E-state index is 0.00844. The van der Waals surface area contributed by atoms with Crippen molar-refractivity contribution in [1.29, 1.82) is 0 Å². The number of rotatable bonds is 5. The second-order valence-electron chi connectivity index (χ2n) is 7.42. The zero-order chi connectivity index (χ0) is 19.5. The van der Waals surface area contributed by atoms with Crippen LogP contribution in [0.1, 0.15) is 30.9 Å². The van der Waals surface area contributed by atoms with E-state index >= 15 is 0 Å². The fourth-order valence-electron chi connectivity index (χ4n) is 3.90. The lowest BCUT2D eigenvalue weighted by Crippen LogP contribution is -2.35. The highest BCUT2D eigenvalue weighted by Crippen LogP contribution is 2.28. The standard InChI is InChI=1S/C20H24ClFN4O2/c21-17-2-1-3-18(22)16(17)12-25-9-5-15(6-10-25)26-19(4-8-23-26)24-20(27)14-7-11-28-13-14/h1-4,8,14-15H,5-7,9-13H2,(H,24,27)/t14-/m0/s1. The van der Waals surface area contributed by atoms with E-state index in [4.69, 9.17) is 16.3 Å². The van der Waals surface area contributed by atoms with Crippen molar-refractivity contribution in [2.24, 2.45) is 5.92 Å². The molecule has 150 valence electrons. The molecule has 2 saturated heterocycles. The molecule has 1 aromatic carbocycles. The first kappa shape index (κ1) is 19.4. The van der Waals surface area contributed by atoms with Gasteiger partial charge < -0.3 is 10.1 Å². The van der Waals surface area contributed by atoms with Crippen LogP contribution >= 0.6 is 11.6 Å². The summed E-state index contributed by atoms with van der Waals surface area (Å²) in [4.78, 5) is 14.6. The topological polar surface area (TPSA) is 59.4 Å². The highest BCUT2D eigenvalue weighted by Gasteiger charge is 2.27. The van der Waals surface area contributed by atoms with E-state index < -0.39 is 0 Å². The molecule has 0 bridgehead atoms. The number of carbonyl (C=O) groups excluding carboxylic acids is 1. The molecule has 2 aromatic rings. The first-order chi connectivity index (χ1) is 13.6. The molecule has 6 nitrogen and oxygen atoms in total. The monoisotopic (exact) mass is 406 g/mol. The van der Waals surface area contributed by atoms with Gasteiger partial charge in [0.2, 0.25) is 5.91 Å². The van der Waals surface area contributed by atoms with E-state index in [0.29, 0.717) is 30.3 Å². The molecule has 4 rings (SSSR count). The lowest BCUT2D eigenvalue weighted by Gasteiger charge is -2.33. The third-order valence-electron chi connectivity index (χ3n) is 5.57. The Labute approximate surface area is 168 Å². The number of aromatic nitrogens is 2. The van der Waals surface area contributed by atoms with Crippen LogP contribution in [0.2, 0.25) is 5.02 Å². The number of piperidine rings is 1. The molecule has 0 aliphatic carbocycles. The van der Waals surface area contributed by atoms with Gasteiger partial charge in [-0.15, -0.1) is 0 Å². The molecule has 8 heteroatoms. The van der Waals surface area contributed by atoms with Gasteiger partial charge in [0.05, 0.1) is 24.8 Å². The van der Waals surface area contributed by atoms with E-state index in [1.165, 1.54) is 6.07 Å². The molecule has 1 amide bonds. The molecule has 1 aromatic heterocycles. The van der Waals surface area contributed by atoms with Crippen molar-refractivity contribution >= 4 is 23.3 Å².